The van der Waals surface area contributed by atoms with Gasteiger partial charge in [-0.25, -0.2) is 0 Å². The minimum absolute atomic E-state index is 0.428. The van der Waals surface area contributed by atoms with Gasteiger partial charge in [-0.05, 0) is 50.9 Å². The highest BCUT2D eigenvalue weighted by atomic mass is 14.9. The van der Waals surface area contributed by atoms with Crippen molar-refractivity contribution >= 4 is 0 Å². The number of nitrogens with one attached hydrogen (secondary N) is 2. The summed E-state index contributed by atoms with van der Waals surface area (Å²) in [5.41, 5.74) is 2.72. The molecule has 2 unspecified atom stereocenters. The van der Waals surface area contributed by atoms with Gasteiger partial charge < -0.3 is 10.6 Å². The standard InChI is InChI=1S/C20H28N2/c1-17(19-11-5-3-6-12-19)21-15-9-10-16-22-18(2)20-13-7-4-8-14-20/h3-8,11-14,17-18,21-22H,9-10,15-16H2,1-2H3. The lowest BCUT2D eigenvalue weighted by Crippen LogP contribution is -2.23. The Labute approximate surface area is 135 Å². The Kier molecular flexibility index (Phi) is 7.14. The number of hydrogen-bond donors (Lipinski definition) is 2. The van der Waals surface area contributed by atoms with E-state index < -0.39 is 0 Å². The van der Waals surface area contributed by atoms with Gasteiger partial charge in [-0.15, -0.1) is 0 Å². The Morgan fingerprint density at radius 1 is 0.636 bits per heavy atom. The maximum absolute atomic E-state index is 3.59. The first-order valence-electron chi connectivity index (χ1n) is 8.34. The highest BCUT2D eigenvalue weighted by Gasteiger charge is 2.04. The van der Waals surface area contributed by atoms with Crippen LogP contribution in [0.25, 0.3) is 0 Å². The van der Waals surface area contributed by atoms with Crippen molar-refractivity contribution in [2.24, 2.45) is 0 Å². The van der Waals surface area contributed by atoms with Crippen molar-refractivity contribution in [2.45, 2.75) is 38.8 Å². The number of benzene rings is 2. The summed E-state index contributed by atoms with van der Waals surface area (Å²) in [5, 5.41) is 7.18. The van der Waals surface area contributed by atoms with Gasteiger partial charge >= 0.3 is 0 Å². The van der Waals surface area contributed by atoms with Crippen molar-refractivity contribution in [2.75, 3.05) is 13.1 Å². The molecule has 0 aliphatic rings. The number of rotatable bonds is 9. The van der Waals surface area contributed by atoms with Crippen LogP contribution in [0.2, 0.25) is 0 Å². The van der Waals surface area contributed by atoms with E-state index in [4.69, 9.17) is 0 Å². The van der Waals surface area contributed by atoms with Crippen LogP contribution in [0.3, 0.4) is 0 Å². The van der Waals surface area contributed by atoms with Gasteiger partial charge in [0, 0.05) is 12.1 Å². The molecule has 0 heterocycles. The zero-order valence-corrected chi connectivity index (χ0v) is 13.8. The molecule has 0 aliphatic heterocycles. The first-order chi connectivity index (χ1) is 10.8. The largest absolute Gasteiger partial charge is 0.310 e. The minimum Gasteiger partial charge on any atom is -0.310 e. The van der Waals surface area contributed by atoms with Gasteiger partial charge in [0.15, 0.2) is 0 Å². The quantitative estimate of drug-likeness (QED) is 0.667. The lowest BCUT2D eigenvalue weighted by atomic mass is 10.1. The molecule has 2 rings (SSSR count). The summed E-state index contributed by atoms with van der Waals surface area (Å²) < 4.78 is 0. The molecule has 0 saturated heterocycles. The van der Waals surface area contributed by atoms with Crippen LogP contribution in [-0.2, 0) is 0 Å². The minimum atomic E-state index is 0.428. The average Bonchev–Trinajstić information content (AvgIpc) is 2.59. The van der Waals surface area contributed by atoms with Gasteiger partial charge in [0.2, 0.25) is 0 Å². The molecule has 0 spiro atoms. The van der Waals surface area contributed by atoms with Crippen LogP contribution < -0.4 is 10.6 Å². The highest BCUT2D eigenvalue weighted by molar-refractivity contribution is 5.18. The van der Waals surface area contributed by atoms with Gasteiger partial charge in [0.25, 0.3) is 0 Å². The second-order valence-electron chi connectivity index (χ2n) is 5.88. The van der Waals surface area contributed by atoms with E-state index in [9.17, 15) is 0 Å². The van der Waals surface area contributed by atoms with Crippen molar-refractivity contribution in [3.8, 4) is 0 Å². The zero-order chi connectivity index (χ0) is 15.6. The topological polar surface area (TPSA) is 24.1 Å². The Morgan fingerprint density at radius 2 is 1.00 bits per heavy atom. The van der Waals surface area contributed by atoms with Gasteiger partial charge in [-0.1, -0.05) is 60.7 Å². The summed E-state index contributed by atoms with van der Waals surface area (Å²) in [6, 6.07) is 22.1. The molecular formula is C20H28N2. The molecule has 2 heteroatoms. The second-order valence-corrected chi connectivity index (χ2v) is 5.88. The molecule has 22 heavy (non-hydrogen) atoms. The van der Waals surface area contributed by atoms with Crippen LogP contribution in [0.15, 0.2) is 60.7 Å². The zero-order valence-electron chi connectivity index (χ0n) is 13.8. The molecule has 2 aromatic carbocycles. The molecule has 0 amide bonds. The third-order valence-electron chi connectivity index (χ3n) is 4.10. The van der Waals surface area contributed by atoms with E-state index in [1.807, 2.05) is 0 Å². The molecule has 2 nitrogen and oxygen atoms in total. The predicted molar refractivity (Wildman–Crippen MR) is 95.0 cm³/mol. The van der Waals surface area contributed by atoms with Crippen molar-refractivity contribution in [1.29, 1.82) is 0 Å². The summed E-state index contributed by atoms with van der Waals surface area (Å²) in [4.78, 5) is 0. The van der Waals surface area contributed by atoms with E-state index in [-0.39, 0.29) is 0 Å². The Bertz CT molecular complexity index is 460. The van der Waals surface area contributed by atoms with Crippen LogP contribution in [0, 0.1) is 0 Å². The molecule has 0 bridgehead atoms. The molecule has 2 N–H and O–H groups in total. The monoisotopic (exact) mass is 296 g/mol. The lowest BCUT2D eigenvalue weighted by molar-refractivity contribution is 0.510. The third-order valence-corrected chi connectivity index (χ3v) is 4.10. The Hall–Kier alpha value is -1.64. The molecular weight excluding hydrogens is 268 g/mol. The molecule has 118 valence electrons. The van der Waals surface area contributed by atoms with Crippen LogP contribution in [0.4, 0.5) is 0 Å². The average molecular weight is 296 g/mol. The normalized spacial score (nSPS) is 13.7. The van der Waals surface area contributed by atoms with Gasteiger partial charge in [0.05, 0.1) is 0 Å². The number of unbranched alkanes of at least 4 members (excludes halogenated alkanes) is 1. The lowest BCUT2D eigenvalue weighted by Gasteiger charge is -2.16. The fourth-order valence-electron chi connectivity index (χ4n) is 2.61. The maximum Gasteiger partial charge on any atom is 0.0291 e. The van der Waals surface area contributed by atoms with Crippen molar-refractivity contribution < 1.29 is 0 Å². The molecule has 0 radical (unpaired) electrons. The van der Waals surface area contributed by atoms with Crippen LogP contribution in [0.5, 0.6) is 0 Å². The summed E-state index contributed by atoms with van der Waals surface area (Å²) in [5.74, 6) is 0. The fraction of sp³-hybridized carbons (Fsp3) is 0.400. The summed E-state index contributed by atoms with van der Waals surface area (Å²) in [7, 11) is 0. The van der Waals surface area contributed by atoms with Crippen LogP contribution >= 0.6 is 0 Å². The number of hydrogen-bond acceptors (Lipinski definition) is 2. The van der Waals surface area contributed by atoms with Gasteiger partial charge in [-0.3, -0.25) is 0 Å². The molecule has 2 atom stereocenters. The summed E-state index contributed by atoms with van der Waals surface area (Å²) in [6.45, 7) is 6.59. The van der Waals surface area contributed by atoms with Crippen molar-refractivity contribution in [3.05, 3.63) is 71.8 Å². The Balaban J connectivity index is 1.56. The van der Waals surface area contributed by atoms with Gasteiger partial charge in [0.1, 0.15) is 0 Å². The highest BCUT2D eigenvalue weighted by Crippen LogP contribution is 2.12. The van der Waals surface area contributed by atoms with E-state index in [2.05, 4.69) is 85.1 Å². The van der Waals surface area contributed by atoms with Crippen molar-refractivity contribution in [3.63, 3.8) is 0 Å². The van der Waals surface area contributed by atoms with Crippen LogP contribution in [-0.4, -0.2) is 13.1 Å². The molecule has 0 aromatic heterocycles. The third kappa shape index (κ3) is 5.63. The van der Waals surface area contributed by atoms with E-state index in [0.717, 1.165) is 13.1 Å². The molecule has 2 aromatic rings. The molecule has 0 saturated carbocycles. The van der Waals surface area contributed by atoms with E-state index in [0.29, 0.717) is 12.1 Å². The Morgan fingerprint density at radius 3 is 1.36 bits per heavy atom. The second kappa shape index (κ2) is 9.39. The van der Waals surface area contributed by atoms with E-state index in [1.165, 1.54) is 24.0 Å². The smallest absolute Gasteiger partial charge is 0.0291 e. The molecule has 0 fully saturated rings. The summed E-state index contributed by atoms with van der Waals surface area (Å²) in [6.07, 6.45) is 2.40. The first-order valence-corrected chi connectivity index (χ1v) is 8.34. The first kappa shape index (κ1) is 16.7. The fourth-order valence-corrected chi connectivity index (χ4v) is 2.61. The van der Waals surface area contributed by atoms with E-state index >= 15 is 0 Å². The van der Waals surface area contributed by atoms with Crippen molar-refractivity contribution in [1.82, 2.24) is 10.6 Å². The van der Waals surface area contributed by atoms with Gasteiger partial charge in [-0.2, -0.15) is 0 Å². The molecule has 0 aliphatic carbocycles. The van der Waals surface area contributed by atoms with E-state index in [1.54, 1.807) is 0 Å². The SMILES string of the molecule is CC(NCCCCNC(C)c1ccccc1)c1ccccc1. The van der Waals surface area contributed by atoms with Crippen LogP contribution in [0.1, 0.15) is 49.9 Å². The predicted octanol–water partition coefficient (Wildman–Crippen LogP) is 4.47. The summed E-state index contributed by atoms with van der Waals surface area (Å²) >= 11 is 0. The maximum atomic E-state index is 3.59.